The second-order valence-electron chi connectivity index (χ2n) is 4.91. The molecule has 4 heteroatoms. The third kappa shape index (κ3) is 3.39. The molecule has 2 atom stereocenters. The van der Waals surface area contributed by atoms with E-state index < -0.39 is 0 Å². The van der Waals surface area contributed by atoms with Crippen molar-refractivity contribution in [2.45, 2.75) is 18.9 Å². The Morgan fingerprint density at radius 1 is 1.32 bits per heavy atom. The van der Waals surface area contributed by atoms with Crippen LogP contribution >= 0.6 is 0 Å². The van der Waals surface area contributed by atoms with Crippen molar-refractivity contribution in [2.24, 2.45) is 5.92 Å². The van der Waals surface area contributed by atoms with Crippen LogP contribution < -0.4 is 14.8 Å². The summed E-state index contributed by atoms with van der Waals surface area (Å²) in [4.78, 5) is 0. The molecule has 0 aliphatic carbocycles. The zero-order valence-electron chi connectivity index (χ0n) is 11.9. The predicted molar refractivity (Wildman–Crippen MR) is 75.0 cm³/mol. The second kappa shape index (κ2) is 6.78. The van der Waals surface area contributed by atoms with E-state index in [1.54, 1.807) is 14.2 Å². The Balaban J connectivity index is 2.08. The molecule has 1 aliphatic rings. The number of hydrogen-bond donors (Lipinski definition) is 1. The monoisotopic (exact) mass is 265 g/mol. The Bertz CT molecular complexity index is 402. The Hall–Kier alpha value is -1.26. The molecule has 2 rings (SSSR count). The molecule has 0 amide bonds. The fourth-order valence-electron chi connectivity index (χ4n) is 2.64. The largest absolute Gasteiger partial charge is 0.493 e. The van der Waals surface area contributed by atoms with Gasteiger partial charge in [0.05, 0.1) is 20.8 Å². The van der Waals surface area contributed by atoms with Crippen molar-refractivity contribution in [3.63, 3.8) is 0 Å². The van der Waals surface area contributed by atoms with Gasteiger partial charge in [0, 0.05) is 18.6 Å². The van der Waals surface area contributed by atoms with Crippen molar-refractivity contribution in [3.8, 4) is 11.5 Å². The van der Waals surface area contributed by atoms with Gasteiger partial charge in [-0.2, -0.15) is 0 Å². The van der Waals surface area contributed by atoms with Crippen molar-refractivity contribution in [1.29, 1.82) is 0 Å². The molecule has 19 heavy (non-hydrogen) atoms. The third-order valence-electron chi connectivity index (χ3n) is 3.81. The molecule has 1 aliphatic heterocycles. The SMILES string of the molecule is CNC(Cc1ccc(OC)c(OC)c1)C1CCOC1. The molecule has 0 saturated carbocycles. The van der Waals surface area contributed by atoms with Crippen LogP contribution in [-0.4, -0.2) is 40.5 Å². The van der Waals surface area contributed by atoms with E-state index in [9.17, 15) is 0 Å². The van der Waals surface area contributed by atoms with Gasteiger partial charge in [0.1, 0.15) is 0 Å². The first-order valence-electron chi connectivity index (χ1n) is 6.74. The molecule has 1 aromatic rings. The van der Waals surface area contributed by atoms with Crippen LogP contribution in [0, 0.1) is 5.92 Å². The molecular weight excluding hydrogens is 242 g/mol. The van der Waals surface area contributed by atoms with Gasteiger partial charge in [-0.1, -0.05) is 6.07 Å². The predicted octanol–water partition coefficient (Wildman–Crippen LogP) is 1.87. The van der Waals surface area contributed by atoms with E-state index in [1.165, 1.54) is 5.56 Å². The molecule has 1 N–H and O–H groups in total. The maximum atomic E-state index is 5.47. The zero-order valence-corrected chi connectivity index (χ0v) is 11.9. The zero-order chi connectivity index (χ0) is 13.7. The quantitative estimate of drug-likeness (QED) is 0.852. The second-order valence-corrected chi connectivity index (χ2v) is 4.91. The minimum Gasteiger partial charge on any atom is -0.493 e. The maximum absolute atomic E-state index is 5.47. The Labute approximate surface area is 115 Å². The molecule has 2 unspecified atom stereocenters. The molecule has 4 nitrogen and oxygen atoms in total. The summed E-state index contributed by atoms with van der Waals surface area (Å²) >= 11 is 0. The van der Waals surface area contributed by atoms with Crippen LogP contribution in [0.3, 0.4) is 0 Å². The van der Waals surface area contributed by atoms with Gasteiger partial charge < -0.3 is 19.5 Å². The summed E-state index contributed by atoms with van der Waals surface area (Å²) in [5.74, 6) is 2.16. The molecule has 0 spiro atoms. The number of hydrogen-bond acceptors (Lipinski definition) is 4. The van der Waals surface area contributed by atoms with Crippen LogP contribution in [-0.2, 0) is 11.2 Å². The lowest BCUT2D eigenvalue weighted by molar-refractivity contribution is 0.177. The molecule has 106 valence electrons. The van der Waals surface area contributed by atoms with Gasteiger partial charge in [0.25, 0.3) is 0 Å². The smallest absolute Gasteiger partial charge is 0.160 e. The summed E-state index contributed by atoms with van der Waals surface area (Å²) in [6, 6.07) is 6.56. The van der Waals surface area contributed by atoms with Gasteiger partial charge in [-0.05, 0) is 37.6 Å². The van der Waals surface area contributed by atoms with Gasteiger partial charge in [0.15, 0.2) is 11.5 Å². The number of ether oxygens (including phenoxy) is 3. The summed E-state index contributed by atoms with van der Waals surface area (Å²) in [7, 11) is 5.34. The number of rotatable bonds is 6. The normalized spacial score (nSPS) is 20.3. The molecule has 0 radical (unpaired) electrons. The van der Waals surface area contributed by atoms with Crippen LogP contribution in [0.15, 0.2) is 18.2 Å². The lowest BCUT2D eigenvalue weighted by Gasteiger charge is -2.22. The molecule has 1 fully saturated rings. The molecule has 0 aromatic heterocycles. The summed E-state index contributed by atoms with van der Waals surface area (Å²) < 4.78 is 16.1. The van der Waals surface area contributed by atoms with Crippen molar-refractivity contribution in [2.75, 3.05) is 34.5 Å². The first-order valence-corrected chi connectivity index (χ1v) is 6.74. The van der Waals surface area contributed by atoms with E-state index in [0.717, 1.165) is 37.6 Å². The van der Waals surface area contributed by atoms with Crippen molar-refractivity contribution < 1.29 is 14.2 Å². The summed E-state index contributed by atoms with van der Waals surface area (Å²) in [6.07, 6.45) is 2.11. The lowest BCUT2D eigenvalue weighted by Crippen LogP contribution is -2.35. The van der Waals surface area contributed by atoms with Gasteiger partial charge in [-0.3, -0.25) is 0 Å². The molecule has 1 saturated heterocycles. The summed E-state index contributed by atoms with van der Waals surface area (Å²) in [5.41, 5.74) is 1.25. The molecule has 1 heterocycles. The number of methoxy groups -OCH3 is 2. The van der Waals surface area contributed by atoms with E-state index in [2.05, 4.69) is 17.4 Å². The first kappa shape index (κ1) is 14.2. The first-order chi connectivity index (χ1) is 9.28. The third-order valence-corrected chi connectivity index (χ3v) is 3.81. The highest BCUT2D eigenvalue weighted by molar-refractivity contribution is 5.43. The summed E-state index contributed by atoms with van der Waals surface area (Å²) in [6.45, 7) is 1.74. The van der Waals surface area contributed by atoms with Crippen molar-refractivity contribution in [3.05, 3.63) is 23.8 Å². The highest BCUT2D eigenvalue weighted by Gasteiger charge is 2.24. The van der Waals surface area contributed by atoms with E-state index in [0.29, 0.717) is 12.0 Å². The van der Waals surface area contributed by atoms with E-state index >= 15 is 0 Å². The Morgan fingerprint density at radius 2 is 2.11 bits per heavy atom. The number of likely N-dealkylation sites (N-methyl/N-ethyl adjacent to an activating group) is 1. The van der Waals surface area contributed by atoms with Crippen LogP contribution in [0.2, 0.25) is 0 Å². The minimum atomic E-state index is 0.445. The van der Waals surface area contributed by atoms with Gasteiger partial charge in [-0.15, -0.1) is 0 Å². The lowest BCUT2D eigenvalue weighted by atomic mass is 9.93. The van der Waals surface area contributed by atoms with E-state index in [4.69, 9.17) is 14.2 Å². The Morgan fingerprint density at radius 3 is 2.68 bits per heavy atom. The molecule has 1 aromatic carbocycles. The fourth-order valence-corrected chi connectivity index (χ4v) is 2.64. The maximum Gasteiger partial charge on any atom is 0.160 e. The molecular formula is C15H23NO3. The Kier molecular flexibility index (Phi) is 5.05. The molecule has 0 bridgehead atoms. The summed E-state index contributed by atoms with van der Waals surface area (Å²) in [5, 5.41) is 3.41. The standard InChI is InChI=1S/C15H23NO3/c1-16-13(12-6-7-19-10-12)8-11-4-5-14(17-2)15(9-11)18-3/h4-5,9,12-13,16H,6-8,10H2,1-3H3. The van der Waals surface area contributed by atoms with Gasteiger partial charge >= 0.3 is 0 Å². The van der Waals surface area contributed by atoms with Crippen molar-refractivity contribution in [1.82, 2.24) is 5.32 Å². The van der Waals surface area contributed by atoms with Crippen LogP contribution in [0.4, 0.5) is 0 Å². The number of benzene rings is 1. The van der Waals surface area contributed by atoms with E-state index in [-0.39, 0.29) is 0 Å². The van der Waals surface area contributed by atoms with Crippen molar-refractivity contribution >= 4 is 0 Å². The average Bonchev–Trinajstić information content (AvgIpc) is 2.98. The van der Waals surface area contributed by atoms with Gasteiger partial charge in [-0.25, -0.2) is 0 Å². The minimum absolute atomic E-state index is 0.445. The van der Waals surface area contributed by atoms with E-state index in [1.807, 2.05) is 13.1 Å². The van der Waals surface area contributed by atoms with Crippen LogP contribution in [0.1, 0.15) is 12.0 Å². The van der Waals surface area contributed by atoms with Gasteiger partial charge in [0.2, 0.25) is 0 Å². The fraction of sp³-hybridized carbons (Fsp3) is 0.600. The highest BCUT2D eigenvalue weighted by Crippen LogP contribution is 2.29. The highest BCUT2D eigenvalue weighted by atomic mass is 16.5. The average molecular weight is 265 g/mol. The number of nitrogens with one attached hydrogen (secondary N) is 1. The topological polar surface area (TPSA) is 39.7 Å². The van der Waals surface area contributed by atoms with Crippen LogP contribution in [0.25, 0.3) is 0 Å². The van der Waals surface area contributed by atoms with Crippen LogP contribution in [0.5, 0.6) is 11.5 Å².